The Morgan fingerprint density at radius 1 is 1.00 bits per heavy atom. The zero-order chi connectivity index (χ0) is 13.9. The zero-order valence-electron chi connectivity index (χ0n) is 11.5. The summed E-state index contributed by atoms with van der Waals surface area (Å²) in [5.41, 5.74) is 9.24. The number of fused-ring (bicyclic) bond motifs is 1. The standard InChI is InChI=1S/C17H18N2S/c1-19(10-13-6-8-15(18)9-7-13)11-14-12-20-17-5-3-2-4-16(14)17/h2-9,12H,10-11,18H2,1H3. The Bertz CT molecular complexity index is 700. The van der Waals surface area contributed by atoms with Gasteiger partial charge in [0.1, 0.15) is 0 Å². The van der Waals surface area contributed by atoms with Gasteiger partial charge in [0, 0.05) is 23.5 Å². The van der Waals surface area contributed by atoms with E-state index < -0.39 is 0 Å². The third kappa shape index (κ3) is 2.84. The lowest BCUT2D eigenvalue weighted by Gasteiger charge is -2.16. The highest BCUT2D eigenvalue weighted by atomic mass is 32.1. The molecule has 20 heavy (non-hydrogen) atoms. The summed E-state index contributed by atoms with van der Waals surface area (Å²) in [6.07, 6.45) is 0. The maximum atomic E-state index is 5.72. The Balaban J connectivity index is 1.72. The van der Waals surface area contributed by atoms with Gasteiger partial charge in [-0.05, 0) is 47.1 Å². The van der Waals surface area contributed by atoms with Crippen LogP contribution in [0.15, 0.2) is 53.9 Å². The van der Waals surface area contributed by atoms with Crippen LogP contribution in [0.25, 0.3) is 10.1 Å². The van der Waals surface area contributed by atoms with Crippen molar-refractivity contribution >= 4 is 27.1 Å². The molecule has 0 aliphatic carbocycles. The number of hydrogen-bond acceptors (Lipinski definition) is 3. The minimum absolute atomic E-state index is 0.820. The summed E-state index contributed by atoms with van der Waals surface area (Å²) in [7, 11) is 2.16. The van der Waals surface area contributed by atoms with E-state index in [0.29, 0.717) is 0 Å². The molecule has 0 saturated heterocycles. The zero-order valence-corrected chi connectivity index (χ0v) is 12.4. The maximum Gasteiger partial charge on any atom is 0.0346 e. The van der Waals surface area contributed by atoms with E-state index in [2.05, 4.69) is 53.7 Å². The highest BCUT2D eigenvalue weighted by Crippen LogP contribution is 2.26. The van der Waals surface area contributed by atoms with Crippen molar-refractivity contribution in [3.8, 4) is 0 Å². The molecule has 2 nitrogen and oxygen atoms in total. The molecular weight excluding hydrogens is 264 g/mol. The van der Waals surface area contributed by atoms with Crippen molar-refractivity contribution in [2.45, 2.75) is 13.1 Å². The van der Waals surface area contributed by atoms with E-state index >= 15 is 0 Å². The van der Waals surface area contributed by atoms with Crippen molar-refractivity contribution in [1.82, 2.24) is 4.90 Å². The molecule has 3 heteroatoms. The van der Waals surface area contributed by atoms with Crippen LogP contribution < -0.4 is 5.73 Å². The second kappa shape index (κ2) is 5.65. The molecule has 0 aliphatic heterocycles. The van der Waals surface area contributed by atoms with Gasteiger partial charge in [0.05, 0.1) is 0 Å². The summed E-state index contributed by atoms with van der Waals surface area (Å²) < 4.78 is 1.36. The third-order valence-corrected chi connectivity index (χ3v) is 4.45. The quantitative estimate of drug-likeness (QED) is 0.729. The topological polar surface area (TPSA) is 29.3 Å². The van der Waals surface area contributed by atoms with Gasteiger partial charge < -0.3 is 5.73 Å². The Morgan fingerprint density at radius 2 is 1.75 bits per heavy atom. The Labute approximate surface area is 123 Å². The molecule has 2 N–H and O–H groups in total. The first kappa shape index (κ1) is 13.2. The first-order chi connectivity index (χ1) is 9.72. The first-order valence-corrected chi connectivity index (χ1v) is 7.58. The molecule has 0 atom stereocenters. The minimum atomic E-state index is 0.820. The number of rotatable bonds is 4. The highest BCUT2D eigenvalue weighted by molar-refractivity contribution is 7.17. The fourth-order valence-corrected chi connectivity index (χ4v) is 3.39. The molecule has 1 aromatic heterocycles. The molecule has 0 bridgehead atoms. The summed E-state index contributed by atoms with van der Waals surface area (Å²) in [5.74, 6) is 0. The Hall–Kier alpha value is -1.84. The van der Waals surface area contributed by atoms with Crippen molar-refractivity contribution < 1.29 is 0 Å². The third-order valence-electron chi connectivity index (χ3n) is 3.43. The van der Waals surface area contributed by atoms with Crippen molar-refractivity contribution in [3.05, 3.63) is 65.0 Å². The molecule has 0 spiro atoms. The van der Waals surface area contributed by atoms with Gasteiger partial charge in [-0.3, -0.25) is 4.90 Å². The summed E-state index contributed by atoms with van der Waals surface area (Å²) in [6, 6.07) is 16.7. The fourth-order valence-electron chi connectivity index (χ4n) is 2.44. The van der Waals surface area contributed by atoms with Gasteiger partial charge in [0.15, 0.2) is 0 Å². The number of nitrogens with zero attached hydrogens (tertiary/aromatic N) is 1. The van der Waals surface area contributed by atoms with E-state index in [4.69, 9.17) is 5.73 Å². The predicted octanol–water partition coefficient (Wildman–Crippen LogP) is 4.12. The average molecular weight is 282 g/mol. The lowest BCUT2D eigenvalue weighted by atomic mass is 10.1. The first-order valence-electron chi connectivity index (χ1n) is 6.70. The van der Waals surface area contributed by atoms with E-state index in [9.17, 15) is 0 Å². The van der Waals surface area contributed by atoms with E-state index in [0.717, 1.165) is 18.8 Å². The van der Waals surface area contributed by atoms with Crippen molar-refractivity contribution in [3.63, 3.8) is 0 Å². The average Bonchev–Trinajstić information content (AvgIpc) is 2.85. The molecule has 102 valence electrons. The molecule has 0 aliphatic rings. The number of anilines is 1. The molecule has 3 rings (SSSR count). The summed E-state index contributed by atoms with van der Waals surface area (Å²) in [6.45, 7) is 1.90. The van der Waals surface area contributed by atoms with E-state index in [-0.39, 0.29) is 0 Å². The number of hydrogen-bond donors (Lipinski definition) is 1. The number of nitrogens with two attached hydrogens (primary N) is 1. The maximum absolute atomic E-state index is 5.72. The van der Waals surface area contributed by atoms with Crippen LogP contribution in [0, 0.1) is 0 Å². The molecule has 3 aromatic rings. The molecule has 0 unspecified atom stereocenters. The van der Waals surface area contributed by atoms with Crippen molar-refractivity contribution in [1.29, 1.82) is 0 Å². The fraction of sp³-hybridized carbons (Fsp3) is 0.176. The van der Waals surface area contributed by atoms with Crippen LogP contribution in [0.5, 0.6) is 0 Å². The molecule has 1 heterocycles. The van der Waals surface area contributed by atoms with Gasteiger partial charge in [0.25, 0.3) is 0 Å². The molecule has 0 saturated carbocycles. The Kier molecular flexibility index (Phi) is 3.72. The SMILES string of the molecule is CN(Cc1ccc(N)cc1)Cc1csc2ccccc12. The van der Waals surface area contributed by atoms with Crippen LogP contribution in [0.2, 0.25) is 0 Å². The second-order valence-corrected chi connectivity index (χ2v) is 6.08. The Morgan fingerprint density at radius 3 is 2.55 bits per heavy atom. The van der Waals surface area contributed by atoms with Crippen LogP contribution in [-0.2, 0) is 13.1 Å². The van der Waals surface area contributed by atoms with Gasteiger partial charge in [-0.25, -0.2) is 0 Å². The smallest absolute Gasteiger partial charge is 0.0346 e. The molecule has 0 fully saturated rings. The lowest BCUT2D eigenvalue weighted by Crippen LogP contribution is -2.16. The van der Waals surface area contributed by atoms with Crippen LogP contribution in [0.1, 0.15) is 11.1 Å². The summed E-state index contributed by atoms with van der Waals surface area (Å²) >= 11 is 1.82. The molecular formula is C17H18N2S. The molecule has 2 aromatic carbocycles. The number of nitrogen functional groups attached to an aromatic ring is 1. The summed E-state index contributed by atoms with van der Waals surface area (Å²) in [5, 5.41) is 3.64. The van der Waals surface area contributed by atoms with Crippen LogP contribution in [-0.4, -0.2) is 11.9 Å². The van der Waals surface area contributed by atoms with E-state index in [1.807, 2.05) is 23.5 Å². The normalized spacial score (nSPS) is 11.3. The highest BCUT2D eigenvalue weighted by Gasteiger charge is 2.07. The van der Waals surface area contributed by atoms with Crippen molar-refractivity contribution in [2.24, 2.45) is 0 Å². The number of thiophene rings is 1. The second-order valence-electron chi connectivity index (χ2n) is 5.17. The van der Waals surface area contributed by atoms with Crippen LogP contribution in [0.4, 0.5) is 5.69 Å². The molecule has 0 amide bonds. The monoisotopic (exact) mass is 282 g/mol. The van der Waals surface area contributed by atoms with Gasteiger partial charge in [0.2, 0.25) is 0 Å². The van der Waals surface area contributed by atoms with Crippen molar-refractivity contribution in [2.75, 3.05) is 12.8 Å². The van der Waals surface area contributed by atoms with Gasteiger partial charge >= 0.3 is 0 Å². The summed E-state index contributed by atoms with van der Waals surface area (Å²) in [4.78, 5) is 2.33. The van der Waals surface area contributed by atoms with Crippen LogP contribution >= 0.6 is 11.3 Å². The number of benzene rings is 2. The molecule has 0 radical (unpaired) electrons. The van der Waals surface area contributed by atoms with Crippen LogP contribution in [0.3, 0.4) is 0 Å². The predicted molar refractivity (Wildman–Crippen MR) is 87.9 cm³/mol. The largest absolute Gasteiger partial charge is 0.399 e. The van der Waals surface area contributed by atoms with Gasteiger partial charge in [-0.15, -0.1) is 11.3 Å². The lowest BCUT2D eigenvalue weighted by molar-refractivity contribution is 0.320. The van der Waals surface area contributed by atoms with Gasteiger partial charge in [-0.2, -0.15) is 0 Å². The van der Waals surface area contributed by atoms with E-state index in [1.165, 1.54) is 21.2 Å². The van der Waals surface area contributed by atoms with Gasteiger partial charge in [-0.1, -0.05) is 30.3 Å². The van der Waals surface area contributed by atoms with E-state index in [1.54, 1.807) is 0 Å². The minimum Gasteiger partial charge on any atom is -0.399 e.